The molecule has 0 unspecified atom stereocenters. The van der Waals surface area contributed by atoms with Crippen LogP contribution in [0, 0.1) is 10.1 Å². The molecule has 0 radical (unpaired) electrons. The zero-order valence-electron chi connectivity index (χ0n) is 10.1. The van der Waals surface area contributed by atoms with E-state index in [0.29, 0.717) is 0 Å². The summed E-state index contributed by atoms with van der Waals surface area (Å²) in [6, 6.07) is 4.50. The van der Waals surface area contributed by atoms with Gasteiger partial charge in [-0.2, -0.15) is 0 Å². The van der Waals surface area contributed by atoms with Crippen LogP contribution in [-0.2, 0) is 10.4 Å². The molecule has 19 heavy (non-hydrogen) atoms. The molecule has 1 heterocycles. The third-order valence-corrected chi connectivity index (χ3v) is 3.26. The number of hydrogen-bond acceptors (Lipinski definition) is 5. The van der Waals surface area contributed by atoms with Gasteiger partial charge in [-0.3, -0.25) is 15.1 Å². The maximum absolute atomic E-state index is 10.9. The smallest absolute Gasteiger partial charge is 0.328 e. The SMILES string of the molecule is CC1=N[C@H](C(=O)O)C[C@]1(O)c1cccc([N+](=O)[O-])c1. The molecule has 100 valence electrons. The largest absolute Gasteiger partial charge is 0.480 e. The highest BCUT2D eigenvalue weighted by Gasteiger charge is 2.43. The van der Waals surface area contributed by atoms with Crippen molar-refractivity contribution in [3.63, 3.8) is 0 Å². The standard InChI is InChI=1S/C12H12N2O5/c1-7-12(17,6-10(13-7)11(15)16)8-3-2-4-9(5-8)14(18)19/h2-5,10,17H,6H2,1H3,(H,15,16)/t10-,12+/m0/s1. The molecule has 1 aromatic rings. The number of aliphatic carboxylic acids is 1. The minimum Gasteiger partial charge on any atom is -0.480 e. The van der Waals surface area contributed by atoms with E-state index in [1.807, 2.05) is 0 Å². The Bertz CT molecular complexity index is 583. The van der Waals surface area contributed by atoms with E-state index in [1.54, 1.807) is 0 Å². The number of aliphatic imine (C=N–C) groups is 1. The molecule has 0 saturated carbocycles. The number of carboxylic acid groups (broad SMARTS) is 1. The second kappa shape index (κ2) is 4.43. The van der Waals surface area contributed by atoms with E-state index in [0.717, 1.165) is 0 Å². The van der Waals surface area contributed by atoms with Crippen molar-refractivity contribution in [1.82, 2.24) is 0 Å². The van der Waals surface area contributed by atoms with E-state index >= 15 is 0 Å². The number of nitrogens with zero attached hydrogens (tertiary/aromatic N) is 2. The Morgan fingerprint density at radius 3 is 2.79 bits per heavy atom. The summed E-state index contributed by atoms with van der Waals surface area (Å²) in [7, 11) is 0. The molecule has 2 rings (SSSR count). The Morgan fingerprint density at radius 1 is 1.58 bits per heavy atom. The van der Waals surface area contributed by atoms with E-state index in [-0.39, 0.29) is 23.4 Å². The number of carboxylic acids is 1. The first-order valence-electron chi connectivity index (χ1n) is 5.59. The number of benzene rings is 1. The molecule has 7 heteroatoms. The minimum atomic E-state index is -1.56. The van der Waals surface area contributed by atoms with Gasteiger partial charge in [-0.1, -0.05) is 12.1 Å². The van der Waals surface area contributed by atoms with E-state index in [1.165, 1.54) is 31.2 Å². The molecule has 1 aliphatic heterocycles. The fourth-order valence-electron chi connectivity index (χ4n) is 2.16. The summed E-state index contributed by atoms with van der Waals surface area (Å²) in [4.78, 5) is 25.0. The lowest BCUT2D eigenvalue weighted by molar-refractivity contribution is -0.385. The molecule has 2 N–H and O–H groups in total. The number of nitro groups is 1. The highest BCUT2D eigenvalue weighted by molar-refractivity contribution is 5.96. The van der Waals surface area contributed by atoms with Crippen LogP contribution < -0.4 is 0 Å². The van der Waals surface area contributed by atoms with Crippen molar-refractivity contribution in [1.29, 1.82) is 0 Å². The molecule has 0 amide bonds. The molecule has 7 nitrogen and oxygen atoms in total. The van der Waals surface area contributed by atoms with Crippen molar-refractivity contribution in [2.24, 2.45) is 4.99 Å². The van der Waals surface area contributed by atoms with Crippen LogP contribution in [0.5, 0.6) is 0 Å². The molecule has 0 fully saturated rings. The molecular weight excluding hydrogens is 252 g/mol. The highest BCUT2D eigenvalue weighted by Crippen LogP contribution is 2.36. The van der Waals surface area contributed by atoms with Crippen LogP contribution in [0.15, 0.2) is 29.3 Å². The molecule has 0 aromatic heterocycles. The van der Waals surface area contributed by atoms with Crippen LogP contribution in [0.25, 0.3) is 0 Å². The third kappa shape index (κ3) is 2.19. The normalized spacial score (nSPS) is 26.0. The molecular formula is C12H12N2O5. The monoisotopic (exact) mass is 264 g/mol. The number of rotatable bonds is 3. The van der Waals surface area contributed by atoms with Crippen molar-refractivity contribution < 1.29 is 19.9 Å². The van der Waals surface area contributed by atoms with Gasteiger partial charge in [0, 0.05) is 24.3 Å². The number of carbonyl (C=O) groups is 1. The van der Waals surface area contributed by atoms with E-state index < -0.39 is 22.5 Å². The number of non-ortho nitro benzene ring substituents is 1. The lowest BCUT2D eigenvalue weighted by Gasteiger charge is -2.23. The lowest BCUT2D eigenvalue weighted by Crippen LogP contribution is -2.32. The second-order valence-corrected chi connectivity index (χ2v) is 4.44. The summed E-state index contributed by atoms with van der Waals surface area (Å²) in [5, 5.41) is 30.2. The first-order chi connectivity index (χ1) is 8.84. The number of aliphatic hydroxyl groups is 1. The van der Waals surface area contributed by atoms with Crippen LogP contribution in [0.2, 0.25) is 0 Å². The average Bonchev–Trinajstić information content (AvgIpc) is 2.67. The fraction of sp³-hybridized carbons (Fsp3) is 0.333. The predicted octanol–water partition coefficient (Wildman–Crippen LogP) is 1.10. The Labute approximate surface area is 108 Å². The summed E-state index contributed by atoms with van der Waals surface area (Å²) in [5.74, 6) is -1.12. The Morgan fingerprint density at radius 2 is 2.26 bits per heavy atom. The van der Waals surface area contributed by atoms with E-state index in [9.17, 15) is 20.0 Å². The maximum Gasteiger partial charge on any atom is 0.328 e. The first-order valence-corrected chi connectivity index (χ1v) is 5.59. The summed E-state index contributed by atoms with van der Waals surface area (Å²) in [6.45, 7) is 1.52. The summed E-state index contributed by atoms with van der Waals surface area (Å²) in [6.07, 6.45) is -0.116. The van der Waals surface area contributed by atoms with Gasteiger partial charge >= 0.3 is 5.97 Å². The number of nitro benzene ring substituents is 1. The molecule has 1 aliphatic rings. The fourth-order valence-corrected chi connectivity index (χ4v) is 2.16. The van der Waals surface area contributed by atoms with Crippen LogP contribution >= 0.6 is 0 Å². The maximum atomic E-state index is 10.9. The van der Waals surface area contributed by atoms with Gasteiger partial charge in [0.05, 0.1) is 4.92 Å². The topological polar surface area (TPSA) is 113 Å². The molecule has 0 aliphatic carbocycles. The first kappa shape index (κ1) is 13.2. The Hall–Kier alpha value is -2.28. The van der Waals surface area contributed by atoms with Crippen molar-refractivity contribution in [3.8, 4) is 0 Å². The Balaban J connectivity index is 2.42. The van der Waals surface area contributed by atoms with Gasteiger partial charge in [0.2, 0.25) is 0 Å². The van der Waals surface area contributed by atoms with Crippen molar-refractivity contribution >= 4 is 17.4 Å². The van der Waals surface area contributed by atoms with Gasteiger partial charge in [0.25, 0.3) is 5.69 Å². The number of hydrogen-bond donors (Lipinski definition) is 2. The van der Waals surface area contributed by atoms with Crippen LogP contribution in [0.4, 0.5) is 5.69 Å². The van der Waals surface area contributed by atoms with Crippen molar-refractivity contribution in [2.45, 2.75) is 25.0 Å². The molecule has 0 saturated heterocycles. The van der Waals surface area contributed by atoms with E-state index in [2.05, 4.69) is 4.99 Å². The van der Waals surface area contributed by atoms with Gasteiger partial charge in [-0.05, 0) is 12.5 Å². The van der Waals surface area contributed by atoms with Gasteiger partial charge < -0.3 is 10.2 Å². The van der Waals surface area contributed by atoms with Gasteiger partial charge in [0.1, 0.15) is 5.60 Å². The molecule has 2 atom stereocenters. The summed E-state index contributed by atoms with van der Waals surface area (Å²) < 4.78 is 0. The lowest BCUT2D eigenvalue weighted by atomic mass is 9.86. The summed E-state index contributed by atoms with van der Waals surface area (Å²) >= 11 is 0. The van der Waals surface area contributed by atoms with Crippen molar-refractivity contribution in [2.75, 3.05) is 0 Å². The molecule has 0 bridgehead atoms. The summed E-state index contributed by atoms with van der Waals surface area (Å²) in [5.41, 5.74) is -1.18. The predicted molar refractivity (Wildman–Crippen MR) is 66.1 cm³/mol. The van der Waals surface area contributed by atoms with E-state index in [4.69, 9.17) is 5.11 Å². The zero-order valence-corrected chi connectivity index (χ0v) is 10.1. The second-order valence-electron chi connectivity index (χ2n) is 4.44. The van der Waals surface area contributed by atoms with Crippen LogP contribution in [0.3, 0.4) is 0 Å². The third-order valence-electron chi connectivity index (χ3n) is 3.26. The quantitative estimate of drug-likeness (QED) is 0.627. The zero-order chi connectivity index (χ0) is 14.2. The van der Waals surface area contributed by atoms with Crippen molar-refractivity contribution in [3.05, 3.63) is 39.9 Å². The van der Waals surface area contributed by atoms with Crippen LogP contribution in [0.1, 0.15) is 18.9 Å². The Kier molecular flexibility index (Phi) is 3.07. The van der Waals surface area contributed by atoms with Gasteiger partial charge in [-0.15, -0.1) is 0 Å². The highest BCUT2D eigenvalue weighted by atomic mass is 16.6. The molecule has 0 spiro atoms. The average molecular weight is 264 g/mol. The van der Waals surface area contributed by atoms with Crippen LogP contribution in [-0.4, -0.2) is 32.9 Å². The minimum absolute atomic E-state index is 0.116. The van der Waals surface area contributed by atoms with Gasteiger partial charge in [-0.25, -0.2) is 4.79 Å². The molecule has 1 aromatic carbocycles. The van der Waals surface area contributed by atoms with Gasteiger partial charge in [0.15, 0.2) is 6.04 Å².